The quantitative estimate of drug-likeness (QED) is 0.806. The molecule has 1 aliphatic carbocycles. The third-order valence-corrected chi connectivity index (χ3v) is 3.75. The Hall–Kier alpha value is -1.42. The van der Waals surface area contributed by atoms with Gasteiger partial charge in [-0.2, -0.15) is 0 Å². The van der Waals surface area contributed by atoms with Crippen LogP contribution in [0.4, 0.5) is 11.4 Å². The van der Waals surface area contributed by atoms with Gasteiger partial charge in [0.1, 0.15) is 5.75 Å². The second kappa shape index (κ2) is 5.48. The lowest BCUT2D eigenvalue weighted by Gasteiger charge is -2.36. The van der Waals surface area contributed by atoms with Crippen LogP contribution in [0.5, 0.6) is 5.75 Å². The smallest absolute Gasteiger partial charge is 0.122 e. The Morgan fingerprint density at radius 2 is 2.00 bits per heavy atom. The van der Waals surface area contributed by atoms with Crippen molar-refractivity contribution >= 4 is 11.4 Å². The molecule has 0 bridgehead atoms. The van der Waals surface area contributed by atoms with Gasteiger partial charge in [-0.25, -0.2) is 0 Å². The molecule has 1 aromatic carbocycles. The largest absolute Gasteiger partial charge is 0.497 e. The van der Waals surface area contributed by atoms with E-state index in [1.807, 2.05) is 19.2 Å². The molecule has 1 saturated carbocycles. The van der Waals surface area contributed by atoms with Gasteiger partial charge in [0, 0.05) is 30.6 Å². The van der Waals surface area contributed by atoms with E-state index < -0.39 is 0 Å². The number of hydrogen-bond donors (Lipinski definition) is 2. The van der Waals surface area contributed by atoms with E-state index in [0.29, 0.717) is 5.69 Å². The van der Waals surface area contributed by atoms with Gasteiger partial charge >= 0.3 is 0 Å². The van der Waals surface area contributed by atoms with Crippen molar-refractivity contribution < 1.29 is 9.84 Å². The lowest BCUT2D eigenvalue weighted by atomic mass is 9.91. The zero-order chi connectivity index (χ0) is 13.1. The maximum Gasteiger partial charge on any atom is 0.122 e. The van der Waals surface area contributed by atoms with E-state index in [-0.39, 0.29) is 12.1 Å². The van der Waals surface area contributed by atoms with E-state index >= 15 is 0 Å². The van der Waals surface area contributed by atoms with Crippen LogP contribution in [0.3, 0.4) is 0 Å². The van der Waals surface area contributed by atoms with Crippen molar-refractivity contribution in [3.8, 4) is 5.75 Å². The number of nitrogens with zero attached hydrogens (tertiary/aromatic N) is 1. The molecular weight excluding hydrogens is 228 g/mol. The van der Waals surface area contributed by atoms with E-state index in [0.717, 1.165) is 30.7 Å². The molecule has 0 saturated heterocycles. The molecule has 2 unspecified atom stereocenters. The average molecular weight is 250 g/mol. The number of benzene rings is 1. The minimum Gasteiger partial charge on any atom is -0.497 e. The Labute approximate surface area is 108 Å². The molecule has 0 heterocycles. The fourth-order valence-electron chi connectivity index (χ4n) is 2.66. The Morgan fingerprint density at radius 1 is 1.28 bits per heavy atom. The topological polar surface area (TPSA) is 58.7 Å². The molecule has 0 aromatic heterocycles. The molecular formula is C14H22N2O2. The Balaban J connectivity index is 2.21. The number of hydrogen-bond acceptors (Lipinski definition) is 4. The number of methoxy groups -OCH3 is 1. The maximum absolute atomic E-state index is 10.1. The first kappa shape index (κ1) is 13.0. The summed E-state index contributed by atoms with van der Waals surface area (Å²) in [5, 5.41) is 10.1. The molecule has 0 aliphatic heterocycles. The zero-order valence-electron chi connectivity index (χ0n) is 11.1. The Kier molecular flexibility index (Phi) is 3.97. The molecule has 4 heteroatoms. The lowest BCUT2D eigenvalue weighted by Crippen LogP contribution is -2.43. The predicted molar refractivity (Wildman–Crippen MR) is 74.1 cm³/mol. The summed E-state index contributed by atoms with van der Waals surface area (Å²) in [5.74, 6) is 0.752. The average Bonchev–Trinajstić information content (AvgIpc) is 2.37. The van der Waals surface area contributed by atoms with E-state index in [1.54, 1.807) is 13.2 Å². The number of aliphatic hydroxyl groups excluding tert-OH is 1. The monoisotopic (exact) mass is 250 g/mol. The molecule has 4 nitrogen and oxygen atoms in total. The molecule has 0 radical (unpaired) electrons. The van der Waals surface area contributed by atoms with Crippen LogP contribution in [-0.2, 0) is 0 Å². The molecule has 100 valence electrons. The van der Waals surface area contributed by atoms with Crippen LogP contribution in [0.15, 0.2) is 18.2 Å². The molecule has 18 heavy (non-hydrogen) atoms. The van der Waals surface area contributed by atoms with Gasteiger partial charge in [0.25, 0.3) is 0 Å². The summed E-state index contributed by atoms with van der Waals surface area (Å²) in [6, 6.07) is 5.85. The molecule has 1 aromatic rings. The lowest BCUT2D eigenvalue weighted by molar-refractivity contribution is 0.106. The molecule has 1 fully saturated rings. The third-order valence-electron chi connectivity index (χ3n) is 3.75. The predicted octanol–water partition coefficient (Wildman–Crippen LogP) is 2.02. The zero-order valence-corrected chi connectivity index (χ0v) is 11.1. The van der Waals surface area contributed by atoms with Crippen molar-refractivity contribution in [1.82, 2.24) is 0 Å². The number of nitrogen functional groups attached to an aromatic ring is 1. The van der Waals surface area contributed by atoms with E-state index in [2.05, 4.69) is 4.90 Å². The van der Waals surface area contributed by atoms with E-state index in [9.17, 15) is 5.11 Å². The highest BCUT2D eigenvalue weighted by Crippen LogP contribution is 2.30. The fourth-order valence-corrected chi connectivity index (χ4v) is 2.66. The number of nitrogens with two attached hydrogens (primary N) is 1. The number of aliphatic hydroxyl groups is 1. The summed E-state index contributed by atoms with van der Waals surface area (Å²) >= 11 is 0. The highest BCUT2D eigenvalue weighted by molar-refractivity contribution is 5.60. The number of rotatable bonds is 3. The second-order valence-electron chi connectivity index (χ2n) is 4.99. The van der Waals surface area contributed by atoms with Gasteiger partial charge in [-0.15, -0.1) is 0 Å². The molecule has 3 N–H and O–H groups in total. The Morgan fingerprint density at radius 3 is 2.67 bits per heavy atom. The first-order chi connectivity index (χ1) is 8.61. The highest BCUT2D eigenvalue weighted by Gasteiger charge is 2.27. The summed E-state index contributed by atoms with van der Waals surface area (Å²) in [5.41, 5.74) is 7.55. The summed E-state index contributed by atoms with van der Waals surface area (Å²) in [6.45, 7) is 0. The normalized spacial score (nSPS) is 23.7. The highest BCUT2D eigenvalue weighted by atomic mass is 16.5. The van der Waals surface area contributed by atoms with Gasteiger partial charge in [-0.1, -0.05) is 12.8 Å². The van der Waals surface area contributed by atoms with Crippen molar-refractivity contribution in [3.63, 3.8) is 0 Å². The van der Waals surface area contributed by atoms with Gasteiger partial charge in [0.2, 0.25) is 0 Å². The van der Waals surface area contributed by atoms with Crippen LogP contribution >= 0.6 is 0 Å². The number of ether oxygens (including phenoxy) is 1. The first-order valence-corrected chi connectivity index (χ1v) is 6.47. The van der Waals surface area contributed by atoms with Crippen molar-refractivity contribution in [2.45, 2.75) is 37.8 Å². The molecule has 2 atom stereocenters. The van der Waals surface area contributed by atoms with Gasteiger partial charge in [0.05, 0.1) is 19.3 Å². The van der Waals surface area contributed by atoms with E-state index in [1.165, 1.54) is 6.42 Å². The summed E-state index contributed by atoms with van der Waals surface area (Å²) in [7, 11) is 3.64. The van der Waals surface area contributed by atoms with E-state index in [4.69, 9.17) is 10.5 Å². The summed E-state index contributed by atoms with van der Waals surface area (Å²) in [6.07, 6.45) is 3.94. The van der Waals surface area contributed by atoms with Crippen LogP contribution < -0.4 is 15.4 Å². The van der Waals surface area contributed by atoms with Gasteiger partial charge in [-0.3, -0.25) is 0 Å². The second-order valence-corrected chi connectivity index (χ2v) is 4.99. The number of anilines is 2. The molecule has 0 amide bonds. The van der Waals surface area contributed by atoms with Crippen molar-refractivity contribution in [1.29, 1.82) is 0 Å². The van der Waals surface area contributed by atoms with Crippen molar-refractivity contribution in [3.05, 3.63) is 18.2 Å². The third kappa shape index (κ3) is 2.70. The summed E-state index contributed by atoms with van der Waals surface area (Å²) in [4.78, 5) is 2.11. The van der Waals surface area contributed by atoms with Crippen LogP contribution in [-0.4, -0.2) is 31.4 Å². The fraction of sp³-hybridized carbons (Fsp3) is 0.571. The van der Waals surface area contributed by atoms with Crippen LogP contribution in [0, 0.1) is 0 Å². The maximum atomic E-state index is 10.1. The molecule has 1 aliphatic rings. The van der Waals surface area contributed by atoms with Crippen LogP contribution in [0.25, 0.3) is 0 Å². The Bertz CT molecular complexity index is 409. The van der Waals surface area contributed by atoms with Crippen molar-refractivity contribution in [2.24, 2.45) is 0 Å². The standard InChI is InChI=1S/C14H22N2O2/c1-16(13-5-3-4-6-14(13)17)11-7-10(15)8-12(9-11)18-2/h7-9,13-14,17H,3-6,15H2,1-2H3. The SMILES string of the molecule is COc1cc(N)cc(N(C)C2CCCCC2O)c1. The summed E-state index contributed by atoms with van der Waals surface area (Å²) < 4.78 is 5.23. The van der Waals surface area contributed by atoms with Crippen LogP contribution in [0.2, 0.25) is 0 Å². The number of likely N-dealkylation sites (N-methyl/N-ethyl adjacent to an activating group) is 1. The minimum absolute atomic E-state index is 0.172. The van der Waals surface area contributed by atoms with Crippen LogP contribution in [0.1, 0.15) is 25.7 Å². The van der Waals surface area contributed by atoms with Gasteiger partial charge in [0.15, 0.2) is 0 Å². The van der Waals surface area contributed by atoms with Gasteiger partial charge < -0.3 is 20.5 Å². The molecule has 0 spiro atoms. The van der Waals surface area contributed by atoms with Crippen molar-refractivity contribution in [2.75, 3.05) is 24.8 Å². The molecule has 2 rings (SSSR count). The van der Waals surface area contributed by atoms with Gasteiger partial charge in [-0.05, 0) is 18.9 Å². The first-order valence-electron chi connectivity index (χ1n) is 6.47. The minimum atomic E-state index is -0.254.